The normalized spacial score (nSPS) is 13.3. The molecule has 1 aliphatic heterocycles. The average Bonchev–Trinajstić information content (AvgIpc) is 3.29. The quantitative estimate of drug-likeness (QED) is 0.0850. The smallest absolute Gasteiger partial charge is 0.343 e. The molecule has 0 aliphatic carbocycles. The summed E-state index contributed by atoms with van der Waals surface area (Å²) in [7, 11) is 1.35. The number of carbonyl (C=O) groups is 5. The van der Waals surface area contributed by atoms with Gasteiger partial charge in [-0.1, -0.05) is 11.2 Å². The number of aryl methyl sites for hydroxylation is 1. The Morgan fingerprint density at radius 3 is 2.26 bits per heavy atom. The van der Waals surface area contributed by atoms with Crippen molar-refractivity contribution in [3.05, 3.63) is 59.2 Å². The maximum atomic E-state index is 12.8. The Bertz CT molecular complexity index is 1420. The van der Waals surface area contributed by atoms with Gasteiger partial charge >= 0.3 is 23.9 Å². The Hall–Kier alpha value is -5.47. The molecule has 2 aromatic carbocycles. The number of nitrogens with one attached hydrogen (secondary N) is 2. The summed E-state index contributed by atoms with van der Waals surface area (Å²) in [5.74, 6) is -5.10. The highest BCUT2D eigenvalue weighted by atomic mass is 16.7. The molecule has 7 N–H and O–H groups in total. The number of aliphatic carboxylic acids is 3. The number of anilines is 1. The molecule has 3 rings (SSSR count). The minimum absolute atomic E-state index is 0.0793. The molecule has 0 unspecified atom stereocenters. The number of nitrogens with two attached hydrogens (primary N) is 1. The maximum absolute atomic E-state index is 12.8. The average molecular weight is 584 g/mol. The first-order valence-electron chi connectivity index (χ1n) is 12.5. The largest absolute Gasteiger partial charge is 0.481 e. The number of carboxylic acid groups (broad SMARTS) is 3. The van der Waals surface area contributed by atoms with Crippen molar-refractivity contribution in [3.63, 3.8) is 0 Å². The lowest BCUT2D eigenvalue weighted by molar-refractivity contribution is -0.151. The highest BCUT2D eigenvalue weighted by Gasteiger charge is 2.44. The molecule has 0 spiro atoms. The summed E-state index contributed by atoms with van der Waals surface area (Å²) in [4.78, 5) is 65.6. The molecule has 0 bridgehead atoms. The number of nitrogens with zero attached hydrogens (tertiary/aromatic N) is 2. The summed E-state index contributed by atoms with van der Waals surface area (Å²) >= 11 is 0. The zero-order valence-electron chi connectivity index (χ0n) is 22.5. The van der Waals surface area contributed by atoms with E-state index in [1.807, 2.05) is 0 Å². The van der Waals surface area contributed by atoms with Gasteiger partial charge in [0, 0.05) is 31.1 Å². The van der Waals surface area contributed by atoms with Gasteiger partial charge in [-0.2, -0.15) is 0 Å². The summed E-state index contributed by atoms with van der Waals surface area (Å²) in [6.45, 7) is -0.486. The Morgan fingerprint density at radius 1 is 1.05 bits per heavy atom. The van der Waals surface area contributed by atoms with Crippen LogP contribution in [-0.4, -0.2) is 80.9 Å². The summed E-state index contributed by atoms with van der Waals surface area (Å²) in [6.07, 6.45) is -1.43. The van der Waals surface area contributed by atoms with Crippen LogP contribution in [0.2, 0.25) is 0 Å². The third-order valence-electron chi connectivity index (χ3n) is 6.19. The van der Waals surface area contributed by atoms with Crippen LogP contribution in [-0.2, 0) is 30.4 Å². The SMILES string of the molecule is CN(CC(=O)O)C(=O)CCc1ccc(OC(=O)c2ccc(NC(=N)N)cc2)cc1C1=NOC(CC(=O)O)(CC(=O)O)C1. The molecule has 0 fully saturated rings. The van der Waals surface area contributed by atoms with Gasteiger partial charge in [0.1, 0.15) is 12.3 Å². The highest BCUT2D eigenvalue weighted by molar-refractivity contribution is 6.04. The highest BCUT2D eigenvalue weighted by Crippen LogP contribution is 2.35. The third kappa shape index (κ3) is 8.51. The zero-order valence-corrected chi connectivity index (χ0v) is 22.5. The second-order valence-corrected chi connectivity index (χ2v) is 9.60. The number of ether oxygens (including phenoxy) is 1. The van der Waals surface area contributed by atoms with Crippen molar-refractivity contribution < 1.29 is 48.9 Å². The number of hydrogen-bond donors (Lipinski definition) is 6. The predicted molar refractivity (Wildman–Crippen MR) is 146 cm³/mol. The first-order chi connectivity index (χ1) is 19.8. The van der Waals surface area contributed by atoms with Crippen molar-refractivity contribution in [2.24, 2.45) is 10.9 Å². The molecule has 1 aliphatic rings. The maximum Gasteiger partial charge on any atom is 0.343 e. The van der Waals surface area contributed by atoms with Crippen LogP contribution in [0.15, 0.2) is 47.6 Å². The zero-order chi connectivity index (χ0) is 31.0. The molecule has 15 heteroatoms. The fourth-order valence-corrected chi connectivity index (χ4v) is 4.31. The Labute approximate surface area is 239 Å². The molecule has 0 saturated carbocycles. The Kier molecular flexibility index (Phi) is 9.80. The predicted octanol–water partition coefficient (Wildman–Crippen LogP) is 1.50. The van der Waals surface area contributed by atoms with Gasteiger partial charge in [0.2, 0.25) is 5.91 Å². The first kappa shape index (κ1) is 31.1. The number of benzene rings is 2. The van der Waals surface area contributed by atoms with Gasteiger partial charge in [-0.15, -0.1) is 0 Å². The molecule has 0 aromatic heterocycles. The van der Waals surface area contributed by atoms with Crippen molar-refractivity contribution >= 4 is 47.1 Å². The van der Waals surface area contributed by atoms with Gasteiger partial charge < -0.3 is 40.8 Å². The molecule has 222 valence electrons. The van der Waals surface area contributed by atoms with E-state index in [0.29, 0.717) is 16.8 Å². The van der Waals surface area contributed by atoms with Crippen LogP contribution in [0.4, 0.5) is 5.69 Å². The van der Waals surface area contributed by atoms with Crippen molar-refractivity contribution in [2.75, 3.05) is 18.9 Å². The number of amides is 1. The lowest BCUT2D eigenvalue weighted by atomic mass is 9.86. The van der Waals surface area contributed by atoms with Gasteiger partial charge in [-0.05, 0) is 48.4 Å². The van der Waals surface area contributed by atoms with Crippen LogP contribution in [0.3, 0.4) is 0 Å². The Balaban J connectivity index is 1.88. The van der Waals surface area contributed by atoms with Gasteiger partial charge in [0.25, 0.3) is 0 Å². The number of carbonyl (C=O) groups excluding carboxylic acids is 2. The molecular weight excluding hydrogens is 554 g/mol. The van der Waals surface area contributed by atoms with Crippen molar-refractivity contribution in [1.29, 1.82) is 5.41 Å². The van der Waals surface area contributed by atoms with Gasteiger partial charge in [0.05, 0.1) is 24.1 Å². The third-order valence-corrected chi connectivity index (χ3v) is 6.19. The van der Waals surface area contributed by atoms with E-state index < -0.39 is 54.8 Å². The fraction of sp³-hybridized carbons (Fsp3) is 0.296. The van der Waals surface area contributed by atoms with E-state index in [9.17, 15) is 34.2 Å². The number of hydrogen-bond acceptors (Lipinski definition) is 9. The number of carboxylic acids is 3. The lowest BCUT2D eigenvalue weighted by Crippen LogP contribution is -2.35. The molecule has 1 amide bonds. The van der Waals surface area contributed by atoms with Crippen LogP contribution in [0, 0.1) is 5.41 Å². The number of guanidine groups is 1. The minimum Gasteiger partial charge on any atom is -0.481 e. The first-order valence-corrected chi connectivity index (χ1v) is 12.5. The number of likely N-dealkylation sites (N-methyl/N-ethyl adjacent to an activating group) is 1. The Morgan fingerprint density at radius 2 is 1.69 bits per heavy atom. The van der Waals surface area contributed by atoms with Crippen LogP contribution in [0.5, 0.6) is 5.75 Å². The molecule has 1 heterocycles. The number of oxime groups is 1. The number of esters is 1. The second kappa shape index (κ2) is 13.3. The molecule has 0 radical (unpaired) electrons. The van der Waals surface area contributed by atoms with E-state index in [1.54, 1.807) is 6.07 Å². The minimum atomic E-state index is -1.65. The van der Waals surface area contributed by atoms with E-state index >= 15 is 0 Å². The fourth-order valence-electron chi connectivity index (χ4n) is 4.31. The van der Waals surface area contributed by atoms with Crippen LogP contribution in [0.1, 0.15) is 47.2 Å². The summed E-state index contributed by atoms with van der Waals surface area (Å²) in [5.41, 5.74) is 5.38. The topological polar surface area (TPSA) is 242 Å². The van der Waals surface area contributed by atoms with Crippen molar-refractivity contribution in [1.82, 2.24) is 4.90 Å². The molecule has 0 atom stereocenters. The van der Waals surface area contributed by atoms with E-state index in [-0.39, 0.29) is 42.2 Å². The van der Waals surface area contributed by atoms with Gasteiger partial charge in [0.15, 0.2) is 11.6 Å². The van der Waals surface area contributed by atoms with Gasteiger partial charge in [-0.3, -0.25) is 24.6 Å². The van der Waals surface area contributed by atoms with Crippen LogP contribution < -0.4 is 15.8 Å². The molecule has 42 heavy (non-hydrogen) atoms. The van der Waals surface area contributed by atoms with Gasteiger partial charge in [-0.25, -0.2) is 4.79 Å². The number of rotatable bonds is 13. The van der Waals surface area contributed by atoms with E-state index in [1.165, 1.54) is 43.4 Å². The second-order valence-electron chi connectivity index (χ2n) is 9.60. The van der Waals surface area contributed by atoms with E-state index in [4.69, 9.17) is 25.8 Å². The summed E-state index contributed by atoms with van der Waals surface area (Å²) in [5, 5.41) is 41.5. The molecule has 0 saturated heterocycles. The summed E-state index contributed by atoms with van der Waals surface area (Å²) in [6, 6.07) is 10.5. The van der Waals surface area contributed by atoms with Crippen molar-refractivity contribution in [3.8, 4) is 5.75 Å². The van der Waals surface area contributed by atoms with E-state index in [2.05, 4.69) is 10.5 Å². The van der Waals surface area contributed by atoms with Crippen LogP contribution >= 0.6 is 0 Å². The van der Waals surface area contributed by atoms with E-state index in [0.717, 1.165) is 4.90 Å². The molecule has 15 nitrogen and oxygen atoms in total. The van der Waals surface area contributed by atoms with Crippen LogP contribution in [0.25, 0.3) is 0 Å². The molecule has 2 aromatic rings. The summed E-state index contributed by atoms with van der Waals surface area (Å²) < 4.78 is 5.51. The molecular formula is C27H29N5O10. The van der Waals surface area contributed by atoms with Crippen molar-refractivity contribution in [2.45, 2.75) is 37.7 Å². The standard InChI is InChI=1S/C27H29N5O10/c1-32(14-24(38)39)21(33)9-5-15-4-8-18(41-25(40)16-2-6-17(7-3-16)30-26(28)29)10-19(15)20-11-27(42-31-20,12-22(34)35)13-23(36)37/h2-4,6-8,10H,5,9,11-14H2,1H3,(H,34,35)(H,36,37)(H,38,39)(H4,28,29,30). The lowest BCUT2D eigenvalue weighted by Gasteiger charge is -2.22. The monoisotopic (exact) mass is 583 g/mol.